The first-order valence-corrected chi connectivity index (χ1v) is 11.3. The highest BCUT2D eigenvalue weighted by Crippen LogP contribution is 2.41. The summed E-state index contributed by atoms with van der Waals surface area (Å²) in [4.78, 5) is 19.4. The lowest BCUT2D eigenvalue weighted by Gasteiger charge is -2.24. The molecule has 1 aliphatic rings. The van der Waals surface area contributed by atoms with Crippen LogP contribution in [0.4, 0.5) is 5.13 Å². The Kier molecular flexibility index (Phi) is 5.41. The zero-order valence-corrected chi connectivity index (χ0v) is 17.4. The first-order chi connectivity index (χ1) is 13.8. The largest absolute Gasteiger partial charge is 0.370 e. The molecule has 0 radical (unpaired) electrons. The predicted molar refractivity (Wildman–Crippen MR) is 113 cm³/mol. The summed E-state index contributed by atoms with van der Waals surface area (Å²) in [6.07, 6.45) is 0. The molecule has 2 heterocycles. The number of morpholine rings is 1. The second-order valence-electron chi connectivity index (χ2n) is 6.35. The average molecular weight is 450 g/mol. The van der Waals surface area contributed by atoms with Crippen molar-refractivity contribution < 1.29 is 17.9 Å². The minimum Gasteiger partial charge on any atom is -0.370 e. The van der Waals surface area contributed by atoms with Gasteiger partial charge in [0.2, 0.25) is 10.0 Å². The van der Waals surface area contributed by atoms with Crippen LogP contribution >= 0.6 is 22.9 Å². The molecular formula is C19H16ClN3O4S2. The minimum atomic E-state index is -3.78. The number of carbonyl (C=O) groups is 1. The number of benzene rings is 2. The molecule has 1 amide bonds. The summed E-state index contributed by atoms with van der Waals surface area (Å²) in [7, 11) is -3.78. The normalized spacial score (nSPS) is 15.0. The fraction of sp³-hybridized carbons (Fsp3) is 0.158. The number of hydrogen-bond acceptors (Lipinski definition) is 6. The third-order valence-electron chi connectivity index (χ3n) is 4.40. The van der Waals surface area contributed by atoms with E-state index in [1.54, 1.807) is 29.2 Å². The van der Waals surface area contributed by atoms with Crippen molar-refractivity contribution in [3.05, 3.63) is 53.6 Å². The number of hydrogen-bond donors (Lipinski definition) is 1. The quantitative estimate of drug-likeness (QED) is 0.659. The van der Waals surface area contributed by atoms with Gasteiger partial charge in [-0.25, -0.2) is 18.5 Å². The van der Waals surface area contributed by atoms with Gasteiger partial charge in [-0.3, -0.25) is 9.69 Å². The summed E-state index contributed by atoms with van der Waals surface area (Å²) in [6.45, 7) is 0.893. The number of halogens is 1. The Labute approximate surface area is 176 Å². The van der Waals surface area contributed by atoms with Crippen LogP contribution < -0.4 is 10.0 Å². The monoisotopic (exact) mass is 449 g/mol. The van der Waals surface area contributed by atoms with Crippen molar-refractivity contribution >= 4 is 44.0 Å². The Morgan fingerprint density at radius 1 is 1.07 bits per heavy atom. The first kappa shape index (κ1) is 20.0. The number of carbonyl (C=O) groups excluding carboxylic acids is 1. The van der Waals surface area contributed by atoms with Gasteiger partial charge in [0.25, 0.3) is 5.91 Å². The number of thiazole rings is 1. The molecule has 0 bridgehead atoms. The van der Waals surface area contributed by atoms with Gasteiger partial charge in [0, 0.05) is 10.6 Å². The molecule has 7 nitrogen and oxygen atoms in total. The van der Waals surface area contributed by atoms with Gasteiger partial charge >= 0.3 is 0 Å². The number of nitrogens with two attached hydrogens (primary N) is 1. The van der Waals surface area contributed by atoms with Crippen LogP contribution in [0.2, 0.25) is 5.02 Å². The molecule has 1 aliphatic heterocycles. The molecule has 0 unspecified atom stereocenters. The van der Waals surface area contributed by atoms with E-state index in [1.807, 2.05) is 12.1 Å². The van der Waals surface area contributed by atoms with Crippen molar-refractivity contribution in [1.82, 2.24) is 4.98 Å². The molecule has 1 aromatic heterocycles. The predicted octanol–water partition coefficient (Wildman–Crippen LogP) is 3.14. The molecule has 10 heteroatoms. The maximum absolute atomic E-state index is 12.3. The molecule has 0 atom stereocenters. The van der Waals surface area contributed by atoms with Crippen LogP contribution in [-0.2, 0) is 19.6 Å². The summed E-state index contributed by atoms with van der Waals surface area (Å²) in [5.41, 5.74) is 2.29. The molecule has 1 saturated heterocycles. The van der Waals surface area contributed by atoms with Crippen LogP contribution in [0.3, 0.4) is 0 Å². The van der Waals surface area contributed by atoms with E-state index in [4.69, 9.17) is 26.5 Å². The van der Waals surface area contributed by atoms with E-state index >= 15 is 0 Å². The van der Waals surface area contributed by atoms with E-state index < -0.39 is 10.0 Å². The lowest BCUT2D eigenvalue weighted by Crippen LogP contribution is -2.41. The van der Waals surface area contributed by atoms with Gasteiger partial charge in [-0.05, 0) is 29.8 Å². The summed E-state index contributed by atoms with van der Waals surface area (Å²) in [5.74, 6) is -0.149. The number of aromatic nitrogens is 1. The molecule has 1 fully saturated rings. The maximum atomic E-state index is 12.3. The molecule has 2 N–H and O–H groups in total. The number of ether oxygens (including phenoxy) is 1. The van der Waals surface area contributed by atoms with Crippen LogP contribution in [0.25, 0.3) is 21.7 Å². The van der Waals surface area contributed by atoms with Gasteiger partial charge in [-0.1, -0.05) is 47.2 Å². The van der Waals surface area contributed by atoms with Gasteiger partial charge in [-0.2, -0.15) is 0 Å². The number of amides is 1. The van der Waals surface area contributed by atoms with Crippen molar-refractivity contribution in [1.29, 1.82) is 0 Å². The summed E-state index contributed by atoms with van der Waals surface area (Å²) in [6, 6.07) is 13.5. The number of sulfonamides is 1. The zero-order chi connectivity index (χ0) is 20.6. The van der Waals surface area contributed by atoms with Gasteiger partial charge in [0.15, 0.2) is 5.13 Å². The summed E-state index contributed by atoms with van der Waals surface area (Å²) < 4.78 is 28.3. The van der Waals surface area contributed by atoms with Crippen molar-refractivity contribution in [2.24, 2.45) is 5.14 Å². The summed E-state index contributed by atoms with van der Waals surface area (Å²) >= 11 is 7.37. The number of rotatable bonds is 4. The van der Waals surface area contributed by atoms with Gasteiger partial charge in [-0.15, -0.1) is 0 Å². The average Bonchev–Trinajstić information content (AvgIpc) is 3.13. The maximum Gasteiger partial charge on any atom is 0.254 e. The van der Waals surface area contributed by atoms with Gasteiger partial charge < -0.3 is 4.74 Å². The topological polar surface area (TPSA) is 103 Å². The van der Waals surface area contributed by atoms with Crippen LogP contribution in [0.5, 0.6) is 0 Å². The zero-order valence-electron chi connectivity index (χ0n) is 15.0. The lowest BCUT2D eigenvalue weighted by molar-refractivity contribution is -0.125. The van der Waals surface area contributed by atoms with Gasteiger partial charge in [0.1, 0.15) is 6.61 Å². The van der Waals surface area contributed by atoms with Crippen LogP contribution in [0.1, 0.15) is 0 Å². The second-order valence-corrected chi connectivity index (χ2v) is 9.32. The van der Waals surface area contributed by atoms with Gasteiger partial charge in [0.05, 0.1) is 28.6 Å². The van der Waals surface area contributed by atoms with E-state index in [2.05, 4.69) is 0 Å². The standard InChI is InChI=1S/C19H16ClN3O4S2/c20-14-5-1-12(2-6-14)17-18(13-3-7-15(8-4-13)29(21,25)26)28-19(22-17)23-9-10-27-11-16(23)24/h1-8H,9-11H2,(H2,21,25,26). The van der Waals surface area contributed by atoms with E-state index in [0.29, 0.717) is 29.0 Å². The fourth-order valence-electron chi connectivity index (χ4n) is 2.94. The Morgan fingerprint density at radius 3 is 2.34 bits per heavy atom. The van der Waals surface area contributed by atoms with E-state index in [9.17, 15) is 13.2 Å². The van der Waals surface area contributed by atoms with Crippen molar-refractivity contribution in [3.8, 4) is 21.7 Å². The number of primary sulfonamides is 1. The van der Waals surface area contributed by atoms with Crippen molar-refractivity contribution in [2.75, 3.05) is 24.7 Å². The highest BCUT2D eigenvalue weighted by atomic mass is 35.5. The second kappa shape index (κ2) is 7.85. The smallest absolute Gasteiger partial charge is 0.254 e. The van der Waals surface area contributed by atoms with E-state index in [-0.39, 0.29) is 17.4 Å². The Bertz CT molecular complexity index is 1160. The Hall–Kier alpha value is -2.30. The molecule has 4 rings (SSSR count). The number of nitrogens with zero attached hydrogens (tertiary/aromatic N) is 2. The van der Waals surface area contributed by atoms with E-state index in [0.717, 1.165) is 16.0 Å². The highest BCUT2D eigenvalue weighted by molar-refractivity contribution is 7.89. The molecule has 2 aromatic carbocycles. The Balaban J connectivity index is 1.82. The van der Waals surface area contributed by atoms with Crippen LogP contribution in [-0.4, -0.2) is 39.1 Å². The van der Waals surface area contributed by atoms with E-state index in [1.165, 1.54) is 23.5 Å². The molecular weight excluding hydrogens is 434 g/mol. The molecule has 0 spiro atoms. The van der Waals surface area contributed by atoms with Crippen molar-refractivity contribution in [2.45, 2.75) is 4.90 Å². The molecule has 150 valence electrons. The minimum absolute atomic E-state index is 0.0221. The molecule has 3 aromatic rings. The lowest BCUT2D eigenvalue weighted by atomic mass is 10.1. The van der Waals surface area contributed by atoms with Crippen molar-refractivity contribution in [3.63, 3.8) is 0 Å². The Morgan fingerprint density at radius 2 is 1.72 bits per heavy atom. The molecule has 0 aliphatic carbocycles. The molecule has 0 saturated carbocycles. The van der Waals surface area contributed by atoms with Crippen LogP contribution in [0, 0.1) is 0 Å². The highest BCUT2D eigenvalue weighted by Gasteiger charge is 2.26. The number of anilines is 1. The first-order valence-electron chi connectivity index (χ1n) is 8.61. The third kappa shape index (κ3) is 4.19. The third-order valence-corrected chi connectivity index (χ3v) is 6.70. The SMILES string of the molecule is NS(=O)(=O)c1ccc(-c2sc(N3CCOCC3=O)nc2-c2ccc(Cl)cc2)cc1. The van der Waals surface area contributed by atoms with Crippen LogP contribution in [0.15, 0.2) is 53.4 Å². The summed E-state index contributed by atoms with van der Waals surface area (Å²) in [5, 5.41) is 6.36. The molecule has 29 heavy (non-hydrogen) atoms. The fourth-order valence-corrected chi connectivity index (χ4v) is 4.72.